The minimum atomic E-state index is -1.10. The molecule has 0 radical (unpaired) electrons. The highest BCUT2D eigenvalue weighted by atomic mass is 19.1. The summed E-state index contributed by atoms with van der Waals surface area (Å²) in [5.74, 6) is -2.38. The molecule has 0 aromatic heterocycles. The molecule has 1 aliphatic heterocycles. The Labute approximate surface area is 166 Å². The SMILES string of the molecule is COc1cc(F)c([C@@H]2CNC(=O)C2NC(=O)Nc2ccc(C3CC3)cc2)c(F)c1. The lowest BCUT2D eigenvalue weighted by Gasteiger charge is -2.20. The molecule has 2 atom stereocenters. The van der Waals surface area contributed by atoms with E-state index in [0.717, 1.165) is 12.1 Å². The summed E-state index contributed by atoms with van der Waals surface area (Å²) in [7, 11) is 1.31. The molecule has 2 fully saturated rings. The summed E-state index contributed by atoms with van der Waals surface area (Å²) >= 11 is 0. The third-order valence-electron chi connectivity index (χ3n) is 5.34. The predicted octanol–water partition coefficient (Wildman–Crippen LogP) is 3.25. The summed E-state index contributed by atoms with van der Waals surface area (Å²) in [5.41, 5.74) is 1.54. The van der Waals surface area contributed by atoms with Crippen LogP contribution in [0.15, 0.2) is 36.4 Å². The van der Waals surface area contributed by atoms with E-state index in [1.807, 2.05) is 12.1 Å². The largest absolute Gasteiger partial charge is 0.497 e. The molecule has 2 aliphatic rings. The summed E-state index contributed by atoms with van der Waals surface area (Å²) in [6, 6.07) is 7.90. The maximum absolute atomic E-state index is 14.5. The molecule has 1 saturated carbocycles. The van der Waals surface area contributed by atoms with E-state index in [1.54, 1.807) is 12.1 Å². The Morgan fingerprint density at radius 3 is 2.38 bits per heavy atom. The van der Waals surface area contributed by atoms with Crippen molar-refractivity contribution in [3.05, 3.63) is 59.2 Å². The predicted molar refractivity (Wildman–Crippen MR) is 103 cm³/mol. The maximum atomic E-state index is 14.5. The van der Waals surface area contributed by atoms with Crippen molar-refractivity contribution in [2.45, 2.75) is 30.7 Å². The topological polar surface area (TPSA) is 79.5 Å². The molecule has 8 heteroatoms. The van der Waals surface area contributed by atoms with Gasteiger partial charge in [-0.05, 0) is 36.5 Å². The van der Waals surface area contributed by atoms with Crippen LogP contribution in [0.4, 0.5) is 19.3 Å². The molecule has 2 aromatic carbocycles. The van der Waals surface area contributed by atoms with Crippen molar-refractivity contribution in [1.29, 1.82) is 0 Å². The monoisotopic (exact) mass is 401 g/mol. The molecule has 6 nitrogen and oxygen atoms in total. The van der Waals surface area contributed by atoms with E-state index in [0.29, 0.717) is 11.6 Å². The maximum Gasteiger partial charge on any atom is 0.319 e. The van der Waals surface area contributed by atoms with Gasteiger partial charge in [0.15, 0.2) is 0 Å². The van der Waals surface area contributed by atoms with Crippen molar-refractivity contribution >= 4 is 17.6 Å². The van der Waals surface area contributed by atoms with Crippen molar-refractivity contribution in [2.24, 2.45) is 0 Å². The number of urea groups is 1. The van der Waals surface area contributed by atoms with Crippen molar-refractivity contribution in [3.63, 3.8) is 0 Å². The zero-order valence-corrected chi connectivity index (χ0v) is 15.8. The minimum absolute atomic E-state index is 0.0139. The van der Waals surface area contributed by atoms with Crippen LogP contribution < -0.4 is 20.7 Å². The number of hydrogen-bond donors (Lipinski definition) is 3. The number of halogens is 2. The summed E-state index contributed by atoms with van der Waals surface area (Å²) < 4.78 is 33.8. The van der Waals surface area contributed by atoms with Gasteiger partial charge in [-0.25, -0.2) is 13.6 Å². The first-order chi connectivity index (χ1) is 14.0. The number of amides is 3. The average molecular weight is 401 g/mol. The molecule has 152 valence electrons. The quantitative estimate of drug-likeness (QED) is 0.720. The van der Waals surface area contributed by atoms with Crippen molar-refractivity contribution < 1.29 is 23.1 Å². The first-order valence-corrected chi connectivity index (χ1v) is 9.44. The smallest absolute Gasteiger partial charge is 0.319 e. The zero-order chi connectivity index (χ0) is 20.5. The summed E-state index contributed by atoms with van der Waals surface area (Å²) in [5, 5.41) is 7.74. The molecule has 1 unspecified atom stereocenters. The fraction of sp³-hybridized carbons (Fsp3) is 0.333. The van der Waals surface area contributed by atoms with Crippen LogP contribution in [0, 0.1) is 11.6 Å². The number of methoxy groups -OCH3 is 1. The summed E-state index contributed by atoms with van der Waals surface area (Å²) in [6.07, 6.45) is 2.37. The van der Waals surface area contributed by atoms with Crippen LogP contribution in [0.5, 0.6) is 5.75 Å². The molecule has 3 N–H and O–H groups in total. The molecule has 1 aliphatic carbocycles. The Balaban J connectivity index is 1.47. The zero-order valence-electron chi connectivity index (χ0n) is 15.8. The Kier molecular flexibility index (Phi) is 5.08. The van der Waals surface area contributed by atoms with Crippen LogP contribution in [-0.2, 0) is 4.79 Å². The standard InChI is InChI=1S/C21H21F2N3O3/c1-29-14-8-16(22)18(17(23)9-14)15-10-24-20(27)19(15)26-21(28)25-13-6-4-12(5-7-13)11-2-3-11/h4-9,11,15,19H,2-3,10H2,1H3,(H,24,27)(H2,25,26,28)/t15-,19?/m0/s1. The van der Waals surface area contributed by atoms with Crippen LogP contribution >= 0.6 is 0 Å². The van der Waals surface area contributed by atoms with E-state index >= 15 is 0 Å². The molecule has 0 spiro atoms. The van der Waals surface area contributed by atoms with Crippen molar-refractivity contribution in [2.75, 3.05) is 19.0 Å². The number of ether oxygens (including phenoxy) is 1. The van der Waals surface area contributed by atoms with Crippen molar-refractivity contribution in [1.82, 2.24) is 10.6 Å². The number of hydrogen-bond acceptors (Lipinski definition) is 3. The van der Waals surface area contributed by atoms with E-state index in [1.165, 1.54) is 25.5 Å². The van der Waals surface area contributed by atoms with Gasteiger partial charge in [-0.1, -0.05) is 12.1 Å². The Morgan fingerprint density at radius 2 is 1.79 bits per heavy atom. The van der Waals surface area contributed by atoms with Gasteiger partial charge in [0.2, 0.25) is 5.91 Å². The lowest BCUT2D eigenvalue weighted by Crippen LogP contribution is -2.45. The Morgan fingerprint density at radius 1 is 1.14 bits per heavy atom. The van der Waals surface area contributed by atoms with E-state index in [9.17, 15) is 18.4 Å². The van der Waals surface area contributed by atoms with Crippen LogP contribution in [-0.4, -0.2) is 31.6 Å². The Hall–Kier alpha value is -3.16. The number of carbonyl (C=O) groups is 2. The fourth-order valence-electron chi connectivity index (χ4n) is 3.65. The van der Waals surface area contributed by atoms with Crippen molar-refractivity contribution in [3.8, 4) is 5.75 Å². The number of benzene rings is 2. The molecule has 4 rings (SSSR count). The average Bonchev–Trinajstić information content (AvgIpc) is 3.48. The second-order valence-electron chi connectivity index (χ2n) is 7.33. The molecule has 0 bridgehead atoms. The highest BCUT2D eigenvalue weighted by Gasteiger charge is 2.40. The normalized spacial score (nSPS) is 20.9. The molecule has 3 amide bonds. The van der Waals surface area contributed by atoms with Gasteiger partial charge in [0, 0.05) is 35.8 Å². The number of rotatable bonds is 5. The van der Waals surface area contributed by atoms with Gasteiger partial charge in [0.05, 0.1) is 7.11 Å². The van der Waals surface area contributed by atoms with Gasteiger partial charge in [-0.2, -0.15) is 0 Å². The molecule has 1 heterocycles. The van der Waals surface area contributed by atoms with Crippen LogP contribution in [0.25, 0.3) is 0 Å². The third kappa shape index (κ3) is 4.01. The van der Waals surface area contributed by atoms with E-state index in [-0.39, 0.29) is 17.9 Å². The first-order valence-electron chi connectivity index (χ1n) is 9.44. The van der Waals surface area contributed by atoms with E-state index < -0.39 is 35.5 Å². The number of carbonyl (C=O) groups excluding carboxylic acids is 2. The number of anilines is 1. The lowest BCUT2D eigenvalue weighted by molar-refractivity contribution is -0.120. The molecule has 2 aromatic rings. The second-order valence-corrected chi connectivity index (χ2v) is 7.33. The molecular weight excluding hydrogens is 380 g/mol. The van der Waals surface area contributed by atoms with Gasteiger partial charge in [0.1, 0.15) is 23.4 Å². The fourth-order valence-corrected chi connectivity index (χ4v) is 3.65. The summed E-state index contributed by atoms with van der Waals surface area (Å²) in [4.78, 5) is 24.6. The summed E-state index contributed by atoms with van der Waals surface area (Å²) in [6.45, 7) is 0.0139. The van der Waals surface area contributed by atoms with Crippen LogP contribution in [0.3, 0.4) is 0 Å². The van der Waals surface area contributed by atoms with Gasteiger partial charge >= 0.3 is 6.03 Å². The molecule has 1 saturated heterocycles. The Bertz CT molecular complexity index is 922. The van der Waals surface area contributed by atoms with Gasteiger partial charge in [-0.15, -0.1) is 0 Å². The first kappa shape index (κ1) is 19.2. The van der Waals surface area contributed by atoms with Gasteiger partial charge in [0.25, 0.3) is 0 Å². The highest BCUT2D eigenvalue weighted by molar-refractivity contribution is 5.95. The van der Waals surface area contributed by atoms with Crippen LogP contribution in [0.2, 0.25) is 0 Å². The van der Waals surface area contributed by atoms with Gasteiger partial charge in [-0.3, -0.25) is 4.79 Å². The number of nitrogens with one attached hydrogen (secondary N) is 3. The van der Waals surface area contributed by atoms with E-state index in [2.05, 4.69) is 16.0 Å². The van der Waals surface area contributed by atoms with Gasteiger partial charge < -0.3 is 20.7 Å². The highest BCUT2D eigenvalue weighted by Crippen LogP contribution is 2.40. The lowest BCUT2D eigenvalue weighted by atomic mass is 9.93. The second kappa shape index (κ2) is 7.69. The molecular formula is C21H21F2N3O3. The minimum Gasteiger partial charge on any atom is -0.497 e. The molecule has 29 heavy (non-hydrogen) atoms. The van der Waals surface area contributed by atoms with E-state index in [4.69, 9.17) is 4.74 Å². The van der Waals surface area contributed by atoms with Crippen LogP contribution in [0.1, 0.15) is 35.8 Å². The third-order valence-corrected chi connectivity index (χ3v) is 5.34.